The molecule has 0 atom stereocenters. The monoisotopic (exact) mass is 264 g/mol. The zero-order valence-corrected chi connectivity index (χ0v) is 9.23. The van der Waals surface area contributed by atoms with Crippen LogP contribution < -0.4 is 5.32 Å². The zero-order chi connectivity index (χ0) is 9.47. The molecule has 0 radical (unpaired) electrons. The normalized spacial score (nSPS) is 29.6. The van der Waals surface area contributed by atoms with Gasteiger partial charge in [0.2, 0.25) is 15.0 Å². The van der Waals surface area contributed by atoms with Crippen LogP contribution in [0.25, 0.3) is 0 Å². The van der Waals surface area contributed by atoms with Gasteiger partial charge in [0.15, 0.2) is 0 Å². The molecule has 13 heavy (non-hydrogen) atoms. The molecule has 0 saturated heterocycles. The van der Waals surface area contributed by atoms with Crippen LogP contribution in [0.15, 0.2) is 15.0 Å². The summed E-state index contributed by atoms with van der Waals surface area (Å²) < 4.78 is 23.1. The van der Waals surface area contributed by atoms with E-state index in [1.165, 1.54) is 6.20 Å². The highest BCUT2D eigenvalue weighted by Gasteiger charge is 2.30. The molecule has 4 nitrogen and oxygen atoms in total. The maximum atomic E-state index is 11.5. The highest BCUT2D eigenvalue weighted by Crippen LogP contribution is 2.25. The number of sulfone groups is 1. The molecular formula is C7H9BrN2O2S. The number of hydrogen-bond acceptors (Lipinski definition) is 3. The van der Waals surface area contributed by atoms with E-state index in [-0.39, 0.29) is 15.0 Å². The maximum absolute atomic E-state index is 11.5. The Hall–Kier alpha value is -0.360. The fraction of sp³-hybridized carbons (Fsp3) is 0.571. The molecular weight excluding hydrogens is 256 g/mol. The molecule has 72 valence electrons. The summed E-state index contributed by atoms with van der Waals surface area (Å²) in [6.07, 6.45) is 4.56. The zero-order valence-electron chi connectivity index (χ0n) is 6.83. The lowest BCUT2D eigenvalue weighted by atomic mass is 9.94. The van der Waals surface area contributed by atoms with Crippen LogP contribution in [0, 0.1) is 0 Å². The molecule has 1 fully saturated rings. The average Bonchev–Trinajstić information content (AvgIpc) is 2.22. The van der Waals surface area contributed by atoms with Crippen molar-refractivity contribution in [3.63, 3.8) is 0 Å². The van der Waals surface area contributed by atoms with E-state index >= 15 is 0 Å². The van der Waals surface area contributed by atoms with Crippen molar-refractivity contribution >= 4 is 30.9 Å². The van der Waals surface area contributed by atoms with E-state index in [9.17, 15) is 8.42 Å². The van der Waals surface area contributed by atoms with Gasteiger partial charge in [-0.15, -0.1) is 0 Å². The lowest BCUT2D eigenvalue weighted by molar-refractivity contribution is 0.420. The third-order valence-electron chi connectivity index (χ3n) is 2.19. The van der Waals surface area contributed by atoms with Gasteiger partial charge in [0.25, 0.3) is 0 Å². The summed E-state index contributed by atoms with van der Waals surface area (Å²) in [5.41, 5.74) is 0. The van der Waals surface area contributed by atoms with Gasteiger partial charge in [0.05, 0.1) is 6.04 Å². The topological polar surface area (TPSA) is 58.5 Å². The minimum absolute atomic E-state index is 0.0871. The highest BCUT2D eigenvalue weighted by molar-refractivity contribution is 9.14. The molecule has 0 unspecified atom stereocenters. The van der Waals surface area contributed by atoms with E-state index in [4.69, 9.17) is 0 Å². The summed E-state index contributed by atoms with van der Waals surface area (Å²) in [4.78, 5) is 4.12. The van der Waals surface area contributed by atoms with E-state index in [1.54, 1.807) is 0 Å². The van der Waals surface area contributed by atoms with Gasteiger partial charge in [-0.2, -0.15) is 0 Å². The number of nitrogens with one attached hydrogen (secondary N) is 1. The Bertz CT molecular complexity index is 381. The Morgan fingerprint density at radius 1 is 1.54 bits per heavy atom. The van der Waals surface area contributed by atoms with Crippen molar-refractivity contribution in [3.8, 4) is 0 Å². The van der Waals surface area contributed by atoms with E-state index in [2.05, 4.69) is 26.2 Å². The van der Waals surface area contributed by atoms with Crippen molar-refractivity contribution in [3.05, 3.63) is 10.0 Å². The van der Waals surface area contributed by atoms with Gasteiger partial charge in [0.1, 0.15) is 3.81 Å². The first kappa shape index (κ1) is 9.21. The third-order valence-corrected chi connectivity index (χ3v) is 5.07. The lowest BCUT2D eigenvalue weighted by Crippen LogP contribution is -2.25. The SMILES string of the molecule is O=S1(=O)C(Br)=CNC1=NC1CCC1. The predicted octanol–water partition coefficient (Wildman–Crippen LogP) is 1.11. The van der Waals surface area contributed by atoms with Gasteiger partial charge in [0, 0.05) is 6.20 Å². The number of nitrogens with zero attached hydrogens (tertiary/aromatic N) is 1. The van der Waals surface area contributed by atoms with Gasteiger partial charge in [-0.3, -0.25) is 4.99 Å². The summed E-state index contributed by atoms with van der Waals surface area (Å²) in [6.45, 7) is 0. The molecule has 0 aromatic carbocycles. The molecule has 0 amide bonds. The smallest absolute Gasteiger partial charge is 0.247 e. The number of aliphatic imine (C=N–C) groups is 1. The molecule has 1 N–H and O–H groups in total. The molecule has 1 aliphatic carbocycles. The Balaban J connectivity index is 2.24. The molecule has 1 saturated carbocycles. The van der Waals surface area contributed by atoms with Crippen molar-refractivity contribution < 1.29 is 8.42 Å². The second kappa shape index (κ2) is 3.09. The quantitative estimate of drug-likeness (QED) is 0.772. The van der Waals surface area contributed by atoms with Gasteiger partial charge in [-0.25, -0.2) is 8.42 Å². The number of amidine groups is 1. The molecule has 0 aromatic rings. The van der Waals surface area contributed by atoms with E-state index in [0.717, 1.165) is 19.3 Å². The fourth-order valence-electron chi connectivity index (χ4n) is 1.15. The Labute approximate surface area is 85.2 Å². The summed E-state index contributed by atoms with van der Waals surface area (Å²) in [5, 5.41) is 2.74. The Kier molecular flexibility index (Phi) is 2.19. The van der Waals surface area contributed by atoms with Crippen LogP contribution in [-0.4, -0.2) is 19.6 Å². The van der Waals surface area contributed by atoms with Gasteiger partial charge < -0.3 is 5.32 Å². The van der Waals surface area contributed by atoms with Crippen LogP contribution in [0.1, 0.15) is 19.3 Å². The van der Waals surface area contributed by atoms with Crippen molar-refractivity contribution in [2.45, 2.75) is 25.3 Å². The van der Waals surface area contributed by atoms with Crippen molar-refractivity contribution in [2.24, 2.45) is 4.99 Å². The average molecular weight is 265 g/mol. The van der Waals surface area contributed by atoms with Crippen molar-refractivity contribution in [1.29, 1.82) is 0 Å². The number of halogens is 1. The molecule has 1 heterocycles. The van der Waals surface area contributed by atoms with Gasteiger partial charge in [-0.05, 0) is 35.2 Å². The molecule has 0 bridgehead atoms. The molecule has 2 rings (SSSR count). The van der Waals surface area contributed by atoms with Gasteiger partial charge >= 0.3 is 0 Å². The Morgan fingerprint density at radius 3 is 2.62 bits per heavy atom. The third kappa shape index (κ3) is 1.52. The number of hydrogen-bond donors (Lipinski definition) is 1. The minimum atomic E-state index is -3.32. The van der Waals surface area contributed by atoms with Crippen molar-refractivity contribution in [2.75, 3.05) is 0 Å². The summed E-state index contributed by atoms with van der Waals surface area (Å²) >= 11 is 2.96. The standard InChI is InChI=1S/C7H9BrN2O2S/c8-6-4-9-7(13(6,11)12)10-5-2-1-3-5/h4-5H,1-3H2,(H,9,10). The first-order valence-electron chi connectivity index (χ1n) is 4.06. The molecule has 2 aliphatic rings. The lowest BCUT2D eigenvalue weighted by Gasteiger charge is -2.21. The van der Waals surface area contributed by atoms with Crippen LogP contribution in [-0.2, 0) is 9.84 Å². The fourth-order valence-corrected chi connectivity index (χ4v) is 2.63. The second-order valence-electron chi connectivity index (χ2n) is 3.12. The predicted molar refractivity (Wildman–Crippen MR) is 54.1 cm³/mol. The summed E-state index contributed by atoms with van der Waals surface area (Å²) in [6, 6.07) is 0.198. The van der Waals surface area contributed by atoms with E-state index in [1.807, 2.05) is 0 Å². The van der Waals surface area contributed by atoms with E-state index < -0.39 is 9.84 Å². The minimum Gasteiger partial charge on any atom is -0.335 e. The number of rotatable bonds is 1. The van der Waals surface area contributed by atoms with Crippen LogP contribution in [0.5, 0.6) is 0 Å². The molecule has 0 aromatic heterocycles. The van der Waals surface area contributed by atoms with Crippen LogP contribution in [0.4, 0.5) is 0 Å². The molecule has 6 heteroatoms. The molecule has 0 spiro atoms. The summed E-state index contributed by atoms with van der Waals surface area (Å²) in [7, 11) is -3.32. The van der Waals surface area contributed by atoms with E-state index in [0.29, 0.717) is 0 Å². The second-order valence-corrected chi connectivity index (χ2v) is 6.33. The largest absolute Gasteiger partial charge is 0.335 e. The van der Waals surface area contributed by atoms with Crippen LogP contribution in [0.2, 0.25) is 0 Å². The van der Waals surface area contributed by atoms with Gasteiger partial charge in [-0.1, -0.05) is 0 Å². The van der Waals surface area contributed by atoms with Crippen LogP contribution >= 0.6 is 15.9 Å². The maximum Gasteiger partial charge on any atom is 0.247 e. The first-order chi connectivity index (χ1) is 6.10. The Morgan fingerprint density at radius 2 is 2.23 bits per heavy atom. The first-order valence-corrected chi connectivity index (χ1v) is 6.33. The molecule has 1 aliphatic heterocycles. The summed E-state index contributed by atoms with van der Waals surface area (Å²) in [5.74, 6) is 0. The highest BCUT2D eigenvalue weighted by atomic mass is 79.9. The van der Waals surface area contributed by atoms with Crippen LogP contribution in [0.3, 0.4) is 0 Å². The van der Waals surface area contributed by atoms with Crippen molar-refractivity contribution in [1.82, 2.24) is 5.32 Å².